The van der Waals surface area contributed by atoms with Crippen LogP contribution in [0, 0.1) is 5.92 Å². The maximum absolute atomic E-state index is 11.6. The monoisotopic (exact) mass is 346 g/mol. The first-order valence-corrected chi connectivity index (χ1v) is 9.06. The smallest absolute Gasteiger partial charge is 0.346 e. The van der Waals surface area contributed by atoms with E-state index in [1.165, 1.54) is 11.3 Å². The number of nitrogens with zero attached hydrogens (tertiary/aromatic N) is 1. The molecule has 2 heterocycles. The number of carboxylic acids is 1. The van der Waals surface area contributed by atoms with Crippen LogP contribution in [0.25, 0.3) is 10.1 Å². The van der Waals surface area contributed by atoms with E-state index in [2.05, 4.69) is 10.2 Å². The number of rotatable bonds is 5. The third-order valence-corrected chi connectivity index (χ3v) is 5.94. The van der Waals surface area contributed by atoms with Crippen LogP contribution in [0.5, 0.6) is 0 Å². The van der Waals surface area contributed by atoms with Crippen molar-refractivity contribution >= 4 is 33.3 Å². The van der Waals surface area contributed by atoms with Crippen LogP contribution in [-0.2, 0) is 11.3 Å². The first-order valence-electron chi connectivity index (χ1n) is 8.25. The SMILES string of the molecule is CNC(=O)CC1CCN(Cc2c(C(=O)O)sc3ccccc23)CC1. The highest BCUT2D eigenvalue weighted by Crippen LogP contribution is 2.33. The lowest BCUT2D eigenvalue weighted by Crippen LogP contribution is -2.35. The highest BCUT2D eigenvalue weighted by atomic mass is 32.1. The number of aromatic carboxylic acids is 1. The predicted octanol–water partition coefficient (Wildman–Crippen LogP) is 2.95. The molecule has 0 aliphatic carbocycles. The van der Waals surface area contributed by atoms with Crippen molar-refractivity contribution < 1.29 is 14.7 Å². The van der Waals surface area contributed by atoms with Gasteiger partial charge in [0.05, 0.1) is 0 Å². The number of thiophene rings is 1. The van der Waals surface area contributed by atoms with Crippen molar-refractivity contribution in [2.75, 3.05) is 20.1 Å². The number of carboxylic acid groups (broad SMARTS) is 1. The number of carbonyl (C=O) groups excluding carboxylic acids is 1. The molecule has 0 unspecified atom stereocenters. The van der Waals surface area contributed by atoms with E-state index in [0.29, 0.717) is 23.8 Å². The van der Waals surface area contributed by atoms with Crippen LogP contribution in [0.15, 0.2) is 24.3 Å². The number of nitrogens with one attached hydrogen (secondary N) is 1. The summed E-state index contributed by atoms with van der Waals surface area (Å²) in [5, 5.41) is 13.2. The van der Waals surface area contributed by atoms with Gasteiger partial charge >= 0.3 is 5.97 Å². The third-order valence-electron chi connectivity index (χ3n) is 4.73. The van der Waals surface area contributed by atoms with E-state index in [4.69, 9.17) is 0 Å². The van der Waals surface area contributed by atoms with Gasteiger partial charge in [0, 0.05) is 24.7 Å². The summed E-state index contributed by atoms with van der Waals surface area (Å²) in [6.45, 7) is 2.48. The van der Waals surface area contributed by atoms with Crippen molar-refractivity contribution in [2.45, 2.75) is 25.8 Å². The molecule has 0 radical (unpaired) electrons. The Morgan fingerprint density at radius 3 is 2.67 bits per heavy atom. The Hall–Kier alpha value is -1.92. The van der Waals surface area contributed by atoms with Gasteiger partial charge in [0.15, 0.2) is 0 Å². The summed E-state index contributed by atoms with van der Waals surface area (Å²) in [5.74, 6) is -0.314. The second-order valence-electron chi connectivity index (χ2n) is 6.31. The van der Waals surface area contributed by atoms with Crippen LogP contribution >= 0.6 is 11.3 Å². The van der Waals surface area contributed by atoms with Crippen molar-refractivity contribution in [1.82, 2.24) is 10.2 Å². The lowest BCUT2D eigenvalue weighted by Gasteiger charge is -2.31. The highest BCUT2D eigenvalue weighted by Gasteiger charge is 2.24. The lowest BCUT2D eigenvalue weighted by molar-refractivity contribution is -0.121. The molecule has 2 aromatic rings. The minimum absolute atomic E-state index is 0.102. The minimum Gasteiger partial charge on any atom is -0.477 e. The van der Waals surface area contributed by atoms with Crippen LogP contribution in [0.2, 0.25) is 0 Å². The van der Waals surface area contributed by atoms with Crippen LogP contribution in [0.1, 0.15) is 34.5 Å². The first kappa shape index (κ1) is 16.9. The minimum atomic E-state index is -0.847. The zero-order valence-corrected chi connectivity index (χ0v) is 14.6. The fourth-order valence-electron chi connectivity index (χ4n) is 3.37. The van der Waals surface area contributed by atoms with Gasteiger partial charge in [0.25, 0.3) is 0 Å². The molecule has 1 aliphatic rings. The molecule has 1 aromatic heterocycles. The van der Waals surface area contributed by atoms with E-state index in [0.717, 1.165) is 41.6 Å². The molecule has 3 rings (SSSR count). The molecule has 1 aliphatic heterocycles. The molecular weight excluding hydrogens is 324 g/mol. The maximum atomic E-state index is 11.6. The summed E-state index contributed by atoms with van der Waals surface area (Å²) in [5.41, 5.74) is 0.924. The van der Waals surface area contributed by atoms with Gasteiger partial charge in [-0.2, -0.15) is 0 Å². The molecule has 5 nitrogen and oxygen atoms in total. The van der Waals surface area contributed by atoms with Gasteiger partial charge in [-0.1, -0.05) is 18.2 Å². The van der Waals surface area contributed by atoms with E-state index in [-0.39, 0.29) is 5.91 Å². The zero-order valence-electron chi connectivity index (χ0n) is 13.7. The summed E-state index contributed by atoms with van der Waals surface area (Å²) in [7, 11) is 1.67. The van der Waals surface area contributed by atoms with E-state index in [9.17, 15) is 14.7 Å². The Kier molecular flexibility index (Phi) is 5.16. The van der Waals surface area contributed by atoms with Gasteiger partial charge in [0.2, 0.25) is 5.91 Å². The van der Waals surface area contributed by atoms with E-state index < -0.39 is 5.97 Å². The molecule has 2 N–H and O–H groups in total. The summed E-state index contributed by atoms with van der Waals surface area (Å²) < 4.78 is 1.03. The summed E-state index contributed by atoms with van der Waals surface area (Å²) in [6.07, 6.45) is 2.56. The second-order valence-corrected chi connectivity index (χ2v) is 7.36. The Bertz CT molecular complexity index is 748. The van der Waals surface area contributed by atoms with E-state index in [1.807, 2.05) is 24.3 Å². The number of likely N-dealkylation sites (tertiary alicyclic amines) is 1. The number of amides is 1. The number of piperidine rings is 1. The van der Waals surface area contributed by atoms with Crippen molar-refractivity contribution in [3.05, 3.63) is 34.7 Å². The van der Waals surface area contributed by atoms with Gasteiger partial charge in [-0.15, -0.1) is 11.3 Å². The third kappa shape index (κ3) is 3.60. The molecule has 0 atom stereocenters. The largest absolute Gasteiger partial charge is 0.477 e. The topological polar surface area (TPSA) is 69.6 Å². The molecule has 128 valence electrons. The Morgan fingerprint density at radius 2 is 2.00 bits per heavy atom. The highest BCUT2D eigenvalue weighted by molar-refractivity contribution is 7.21. The fraction of sp³-hybridized carbons (Fsp3) is 0.444. The molecule has 1 aromatic carbocycles. The summed E-state index contributed by atoms with van der Waals surface area (Å²) in [6, 6.07) is 7.88. The first-order chi connectivity index (χ1) is 11.6. The molecule has 24 heavy (non-hydrogen) atoms. The van der Waals surface area contributed by atoms with Crippen LogP contribution < -0.4 is 5.32 Å². The zero-order chi connectivity index (χ0) is 17.1. The molecule has 1 amide bonds. The standard InChI is InChI=1S/C18H22N2O3S/c1-19-16(21)10-12-6-8-20(9-7-12)11-14-13-4-2-3-5-15(13)24-17(14)18(22)23/h2-5,12H,6-11H2,1H3,(H,19,21)(H,22,23). The molecule has 0 saturated carbocycles. The Labute approximate surface area is 145 Å². The average Bonchev–Trinajstić information content (AvgIpc) is 2.95. The quantitative estimate of drug-likeness (QED) is 0.873. The predicted molar refractivity (Wildman–Crippen MR) is 95.5 cm³/mol. The number of carbonyl (C=O) groups is 2. The van der Waals surface area contributed by atoms with Crippen LogP contribution in [0.4, 0.5) is 0 Å². The van der Waals surface area contributed by atoms with Gasteiger partial charge < -0.3 is 10.4 Å². The molecule has 1 saturated heterocycles. The average molecular weight is 346 g/mol. The molecule has 6 heteroatoms. The Balaban J connectivity index is 1.71. The maximum Gasteiger partial charge on any atom is 0.346 e. The van der Waals surface area contributed by atoms with Crippen molar-refractivity contribution in [1.29, 1.82) is 0 Å². The van der Waals surface area contributed by atoms with E-state index in [1.54, 1.807) is 7.05 Å². The molecule has 0 bridgehead atoms. The normalized spacial score (nSPS) is 16.4. The molecule has 1 fully saturated rings. The molecule has 0 spiro atoms. The van der Waals surface area contributed by atoms with Crippen LogP contribution in [-0.4, -0.2) is 42.0 Å². The van der Waals surface area contributed by atoms with E-state index >= 15 is 0 Å². The second kappa shape index (κ2) is 7.32. The fourth-order valence-corrected chi connectivity index (χ4v) is 4.42. The van der Waals surface area contributed by atoms with Crippen molar-refractivity contribution in [3.8, 4) is 0 Å². The Morgan fingerprint density at radius 1 is 1.29 bits per heavy atom. The van der Waals surface area contributed by atoms with Gasteiger partial charge in [0.1, 0.15) is 4.88 Å². The summed E-state index contributed by atoms with van der Waals surface area (Å²) in [4.78, 5) is 25.8. The molecular formula is C18H22N2O3S. The van der Waals surface area contributed by atoms with Gasteiger partial charge in [-0.3, -0.25) is 9.69 Å². The number of fused-ring (bicyclic) bond motifs is 1. The summed E-state index contributed by atoms with van der Waals surface area (Å²) >= 11 is 1.35. The van der Waals surface area contributed by atoms with Crippen molar-refractivity contribution in [3.63, 3.8) is 0 Å². The van der Waals surface area contributed by atoms with Gasteiger partial charge in [-0.25, -0.2) is 4.79 Å². The lowest BCUT2D eigenvalue weighted by atomic mass is 9.93. The number of hydrogen-bond donors (Lipinski definition) is 2. The number of hydrogen-bond acceptors (Lipinski definition) is 4. The van der Waals surface area contributed by atoms with Gasteiger partial charge in [-0.05, 0) is 48.9 Å². The van der Waals surface area contributed by atoms with Crippen molar-refractivity contribution in [2.24, 2.45) is 5.92 Å². The number of benzene rings is 1. The van der Waals surface area contributed by atoms with Crippen LogP contribution in [0.3, 0.4) is 0 Å².